The van der Waals surface area contributed by atoms with E-state index in [4.69, 9.17) is 23.7 Å². The largest absolute Gasteiger partial charge is 0.514 e. The van der Waals surface area contributed by atoms with Gasteiger partial charge in [-0.2, -0.15) is 0 Å². The first kappa shape index (κ1) is 33.5. The van der Waals surface area contributed by atoms with Gasteiger partial charge >= 0.3 is 24.4 Å². The molecular formula is C27H41NO11. The number of benzene rings is 1. The lowest BCUT2D eigenvalue weighted by Gasteiger charge is -2.32. The summed E-state index contributed by atoms with van der Waals surface area (Å²) in [5.41, 5.74) is -3.62. The maximum atomic E-state index is 12.6. The zero-order valence-electron chi connectivity index (χ0n) is 24.2. The van der Waals surface area contributed by atoms with Crippen molar-refractivity contribution in [2.45, 2.75) is 104 Å². The summed E-state index contributed by atoms with van der Waals surface area (Å²) in [7, 11) is 1.05. The number of hydrogen-bond acceptors (Lipinski definition) is 11. The van der Waals surface area contributed by atoms with Gasteiger partial charge in [-0.1, -0.05) is 26.8 Å². The van der Waals surface area contributed by atoms with Gasteiger partial charge in [0.15, 0.2) is 11.5 Å². The first-order valence-corrected chi connectivity index (χ1v) is 12.7. The van der Waals surface area contributed by atoms with Crippen molar-refractivity contribution in [1.29, 1.82) is 0 Å². The zero-order valence-corrected chi connectivity index (χ0v) is 24.2. The number of carbonyl (C=O) groups excluding carboxylic acids is 3. The predicted molar refractivity (Wildman–Crippen MR) is 140 cm³/mol. The molecule has 0 heterocycles. The number of aliphatic carboxylic acids is 1. The van der Waals surface area contributed by atoms with E-state index in [2.05, 4.69) is 10.1 Å². The molecule has 0 saturated heterocycles. The van der Waals surface area contributed by atoms with Crippen molar-refractivity contribution in [3.8, 4) is 11.5 Å². The Hall–Kier alpha value is -3.54. The Morgan fingerprint density at radius 3 is 1.79 bits per heavy atom. The molecule has 0 aliphatic carbocycles. The second-order valence-corrected chi connectivity index (χ2v) is 10.2. The second-order valence-electron chi connectivity index (χ2n) is 10.2. The summed E-state index contributed by atoms with van der Waals surface area (Å²) in [5.74, 6) is -1.89. The second kappa shape index (κ2) is 14.0. The molecule has 1 aromatic rings. The summed E-state index contributed by atoms with van der Waals surface area (Å²) in [5, 5.41) is 12.9. The van der Waals surface area contributed by atoms with Crippen LogP contribution in [0.15, 0.2) is 18.2 Å². The minimum Gasteiger partial charge on any atom is -0.477 e. The highest BCUT2D eigenvalue weighted by molar-refractivity contribution is 5.80. The van der Waals surface area contributed by atoms with E-state index in [0.717, 1.165) is 7.11 Å². The number of methoxy groups -OCH3 is 1. The highest BCUT2D eigenvalue weighted by Crippen LogP contribution is 2.32. The molecule has 12 nitrogen and oxygen atoms in total. The molecule has 0 aliphatic heterocycles. The molecule has 12 heteroatoms. The molecule has 1 rings (SSSR count). The quantitative estimate of drug-likeness (QED) is 0.135. The third kappa shape index (κ3) is 10.6. The Kier molecular flexibility index (Phi) is 12.0. The van der Waals surface area contributed by atoms with Crippen molar-refractivity contribution in [1.82, 2.24) is 5.32 Å². The first-order valence-electron chi connectivity index (χ1n) is 12.7. The van der Waals surface area contributed by atoms with E-state index < -0.39 is 47.8 Å². The summed E-state index contributed by atoms with van der Waals surface area (Å²) >= 11 is 0. The monoisotopic (exact) mass is 555 g/mol. The van der Waals surface area contributed by atoms with Gasteiger partial charge in [0.1, 0.15) is 11.2 Å². The number of carboxylic acids is 1. The summed E-state index contributed by atoms with van der Waals surface area (Å²) in [4.78, 5) is 49.3. The standard InChI is InChI=1S/C27H41NO11/c1-10-17(4)28-27(21(29)30,39-22(31)34-9)16-18-13-14-19(35-23(32)37-25(5,6)11-2)20(15-18)36-24(33)38-26(7,8)12-3/h13-15,17,28H,10-12,16H2,1-9H3,(H,29,30)/t17?,27-/m0/s1. The Morgan fingerprint density at radius 2 is 1.36 bits per heavy atom. The van der Waals surface area contributed by atoms with E-state index in [1.54, 1.807) is 34.6 Å². The number of carbonyl (C=O) groups is 4. The van der Waals surface area contributed by atoms with Gasteiger partial charge in [-0.3, -0.25) is 5.32 Å². The lowest BCUT2D eigenvalue weighted by Crippen LogP contribution is -2.59. The van der Waals surface area contributed by atoms with Crippen LogP contribution < -0.4 is 14.8 Å². The summed E-state index contributed by atoms with van der Waals surface area (Å²) in [6.45, 7) is 14.0. The molecular weight excluding hydrogens is 514 g/mol. The van der Waals surface area contributed by atoms with Gasteiger partial charge in [0.05, 0.1) is 7.11 Å². The zero-order chi connectivity index (χ0) is 30.0. The fraction of sp³-hybridized carbons (Fsp3) is 0.630. The highest BCUT2D eigenvalue weighted by Gasteiger charge is 2.44. The number of rotatable bonds is 13. The van der Waals surface area contributed by atoms with Gasteiger partial charge in [-0.15, -0.1) is 0 Å². The third-order valence-corrected chi connectivity index (χ3v) is 6.13. The lowest BCUT2D eigenvalue weighted by molar-refractivity contribution is -0.166. The molecule has 0 bridgehead atoms. The summed E-state index contributed by atoms with van der Waals surface area (Å²) in [6, 6.07) is 3.65. The molecule has 0 aliphatic rings. The fourth-order valence-corrected chi connectivity index (χ4v) is 2.91. The minimum atomic E-state index is -2.23. The van der Waals surface area contributed by atoms with E-state index in [1.807, 2.05) is 20.8 Å². The van der Waals surface area contributed by atoms with Gasteiger partial charge in [0.25, 0.3) is 5.72 Å². The summed E-state index contributed by atoms with van der Waals surface area (Å²) in [6.07, 6.45) is -2.18. The van der Waals surface area contributed by atoms with Crippen LogP contribution >= 0.6 is 0 Å². The predicted octanol–water partition coefficient (Wildman–Crippen LogP) is 5.59. The summed E-state index contributed by atoms with van der Waals surface area (Å²) < 4.78 is 31.0. The topological polar surface area (TPSA) is 156 Å². The van der Waals surface area contributed by atoms with Crippen molar-refractivity contribution in [3.63, 3.8) is 0 Å². The molecule has 220 valence electrons. The van der Waals surface area contributed by atoms with Crippen molar-refractivity contribution < 1.29 is 52.7 Å². The third-order valence-electron chi connectivity index (χ3n) is 6.13. The van der Waals surface area contributed by atoms with E-state index >= 15 is 0 Å². The van der Waals surface area contributed by atoms with E-state index in [-0.39, 0.29) is 23.1 Å². The Labute approximate surface area is 229 Å². The van der Waals surface area contributed by atoms with Crippen molar-refractivity contribution in [3.05, 3.63) is 23.8 Å². The van der Waals surface area contributed by atoms with Gasteiger partial charge in [-0.25, -0.2) is 19.2 Å². The van der Waals surface area contributed by atoms with E-state index in [0.29, 0.717) is 19.3 Å². The lowest BCUT2D eigenvalue weighted by atomic mass is 10.00. The van der Waals surface area contributed by atoms with Gasteiger partial charge in [0, 0.05) is 12.5 Å². The Morgan fingerprint density at radius 1 is 0.846 bits per heavy atom. The molecule has 39 heavy (non-hydrogen) atoms. The van der Waals surface area contributed by atoms with Crippen LogP contribution in [0.2, 0.25) is 0 Å². The SMILES string of the molecule is CCC(C)N[C@@](Cc1ccc(OC(=O)OC(C)(C)CC)c(OC(=O)OC(C)(C)CC)c1)(OC(=O)OC)C(=O)O. The van der Waals surface area contributed by atoms with Crippen molar-refractivity contribution in [2.75, 3.05) is 7.11 Å². The molecule has 2 N–H and O–H groups in total. The van der Waals surface area contributed by atoms with Crippen LogP contribution in [0.4, 0.5) is 14.4 Å². The molecule has 0 fully saturated rings. The molecule has 0 saturated carbocycles. The molecule has 0 spiro atoms. The maximum Gasteiger partial charge on any atom is 0.514 e. The first-order chi connectivity index (χ1) is 18.0. The average Bonchev–Trinajstić information content (AvgIpc) is 2.84. The number of nitrogens with one attached hydrogen (secondary N) is 1. The van der Waals surface area contributed by atoms with Crippen LogP contribution in [-0.4, -0.2) is 59.6 Å². The van der Waals surface area contributed by atoms with Crippen LogP contribution in [-0.2, 0) is 30.2 Å². The van der Waals surface area contributed by atoms with Gasteiger partial charge < -0.3 is 33.5 Å². The maximum absolute atomic E-state index is 12.6. The normalized spacial score (nSPS) is 13.9. The molecule has 1 aromatic carbocycles. The number of carboxylic acid groups (broad SMARTS) is 1. The minimum absolute atomic E-state index is 0.174. The van der Waals surface area contributed by atoms with Gasteiger partial charge in [0.2, 0.25) is 0 Å². The number of hydrogen-bond donors (Lipinski definition) is 2. The molecule has 2 atom stereocenters. The van der Waals surface area contributed by atoms with Crippen LogP contribution in [0.3, 0.4) is 0 Å². The average molecular weight is 556 g/mol. The van der Waals surface area contributed by atoms with E-state index in [9.17, 15) is 24.3 Å². The molecule has 0 amide bonds. The van der Waals surface area contributed by atoms with Gasteiger partial charge in [-0.05, 0) is 71.6 Å². The smallest absolute Gasteiger partial charge is 0.477 e. The van der Waals surface area contributed by atoms with Crippen LogP contribution in [0, 0.1) is 0 Å². The van der Waals surface area contributed by atoms with Crippen molar-refractivity contribution >= 4 is 24.4 Å². The Balaban J connectivity index is 3.50. The molecule has 0 radical (unpaired) electrons. The molecule has 1 unspecified atom stereocenters. The Bertz CT molecular complexity index is 1020. The van der Waals surface area contributed by atoms with E-state index in [1.165, 1.54) is 18.2 Å². The fourth-order valence-electron chi connectivity index (χ4n) is 2.91. The van der Waals surface area contributed by atoms with Crippen molar-refractivity contribution in [2.24, 2.45) is 0 Å². The highest BCUT2D eigenvalue weighted by atomic mass is 16.8. The number of ether oxygens (including phenoxy) is 6. The van der Waals surface area contributed by atoms with Crippen LogP contribution in [0.5, 0.6) is 11.5 Å². The molecule has 0 aromatic heterocycles. The van der Waals surface area contributed by atoms with Crippen LogP contribution in [0.25, 0.3) is 0 Å². The van der Waals surface area contributed by atoms with Crippen LogP contribution in [0.1, 0.15) is 80.2 Å².